The van der Waals surface area contributed by atoms with Gasteiger partial charge in [0.1, 0.15) is 5.58 Å². The van der Waals surface area contributed by atoms with Crippen LogP contribution in [-0.4, -0.2) is 47.8 Å². The molecule has 2 aromatic rings. The van der Waals surface area contributed by atoms with Crippen LogP contribution in [0.5, 0.6) is 0 Å². The molecule has 2 fully saturated rings. The lowest BCUT2D eigenvalue weighted by molar-refractivity contribution is -0.135. The van der Waals surface area contributed by atoms with Crippen LogP contribution in [-0.2, 0) is 4.79 Å². The summed E-state index contributed by atoms with van der Waals surface area (Å²) in [5, 5.41) is 0.991. The third kappa shape index (κ3) is 2.92. The van der Waals surface area contributed by atoms with E-state index in [0.717, 1.165) is 55.3 Å². The number of furan rings is 1. The van der Waals surface area contributed by atoms with E-state index in [4.69, 9.17) is 4.42 Å². The van der Waals surface area contributed by atoms with Gasteiger partial charge in [0.05, 0.1) is 0 Å². The Morgan fingerprint density at radius 3 is 2.36 bits per heavy atom. The molecule has 0 spiro atoms. The maximum Gasteiger partial charge on any atom is 0.289 e. The van der Waals surface area contributed by atoms with Gasteiger partial charge in [0.2, 0.25) is 5.91 Å². The number of amides is 2. The Kier molecular flexibility index (Phi) is 4.24. The highest BCUT2D eigenvalue weighted by atomic mass is 16.3. The Balaban J connectivity index is 1.44. The van der Waals surface area contributed by atoms with Gasteiger partial charge in [-0.3, -0.25) is 9.59 Å². The number of piperidine rings is 1. The van der Waals surface area contributed by atoms with Crippen molar-refractivity contribution in [3.05, 3.63) is 35.6 Å². The van der Waals surface area contributed by atoms with Crippen molar-refractivity contribution in [2.45, 2.75) is 32.6 Å². The van der Waals surface area contributed by atoms with Gasteiger partial charge in [-0.25, -0.2) is 0 Å². The predicted octanol–water partition coefficient (Wildman–Crippen LogP) is 3.22. The molecule has 25 heavy (non-hydrogen) atoms. The van der Waals surface area contributed by atoms with Crippen molar-refractivity contribution in [1.29, 1.82) is 0 Å². The van der Waals surface area contributed by atoms with E-state index in [1.165, 1.54) is 0 Å². The lowest BCUT2D eigenvalue weighted by atomic mass is 9.95. The molecule has 3 heterocycles. The fourth-order valence-electron chi connectivity index (χ4n) is 4.05. The van der Waals surface area contributed by atoms with Crippen molar-refractivity contribution in [3.8, 4) is 0 Å². The average molecular weight is 340 g/mol. The number of hydrogen-bond acceptors (Lipinski definition) is 3. The van der Waals surface area contributed by atoms with Crippen molar-refractivity contribution < 1.29 is 14.0 Å². The zero-order chi connectivity index (χ0) is 17.4. The molecule has 0 aliphatic carbocycles. The minimum absolute atomic E-state index is 0.0548. The number of benzene rings is 1. The highest BCUT2D eigenvalue weighted by molar-refractivity contribution is 5.99. The summed E-state index contributed by atoms with van der Waals surface area (Å²) in [5.74, 6) is 0.731. The third-order valence-electron chi connectivity index (χ3n) is 5.59. The molecule has 0 atom stereocenters. The summed E-state index contributed by atoms with van der Waals surface area (Å²) >= 11 is 0. The zero-order valence-electron chi connectivity index (χ0n) is 14.7. The molecule has 0 N–H and O–H groups in total. The number of carbonyl (C=O) groups excluding carboxylic acids is 2. The molecule has 132 valence electrons. The van der Waals surface area contributed by atoms with Crippen LogP contribution in [0.25, 0.3) is 11.0 Å². The number of hydrogen-bond donors (Lipinski definition) is 0. The van der Waals surface area contributed by atoms with E-state index in [1.807, 2.05) is 41.0 Å². The topological polar surface area (TPSA) is 53.8 Å². The maximum absolute atomic E-state index is 12.9. The van der Waals surface area contributed by atoms with Gasteiger partial charge in [0, 0.05) is 43.0 Å². The first-order chi connectivity index (χ1) is 12.1. The third-order valence-corrected chi connectivity index (χ3v) is 5.59. The zero-order valence-corrected chi connectivity index (χ0v) is 14.7. The predicted molar refractivity (Wildman–Crippen MR) is 95.4 cm³/mol. The van der Waals surface area contributed by atoms with E-state index in [0.29, 0.717) is 18.8 Å². The summed E-state index contributed by atoms with van der Waals surface area (Å²) in [6.45, 7) is 4.98. The molecule has 5 heteroatoms. The van der Waals surface area contributed by atoms with Crippen LogP contribution < -0.4 is 0 Å². The van der Waals surface area contributed by atoms with E-state index >= 15 is 0 Å². The minimum atomic E-state index is -0.0548. The molecular formula is C20H24N2O3. The Bertz CT molecular complexity index is 796. The van der Waals surface area contributed by atoms with Crippen LogP contribution >= 0.6 is 0 Å². The first-order valence-corrected chi connectivity index (χ1v) is 9.21. The molecule has 0 bridgehead atoms. The number of carbonyl (C=O) groups is 2. The quantitative estimate of drug-likeness (QED) is 0.843. The summed E-state index contributed by atoms with van der Waals surface area (Å²) in [7, 11) is 0. The van der Waals surface area contributed by atoms with Crippen molar-refractivity contribution in [2.75, 3.05) is 26.2 Å². The standard InChI is InChI=1S/C20H24N2O3/c1-14-16-6-2-3-7-17(16)25-18(14)20(24)22-12-8-15(9-13-22)19(23)21-10-4-5-11-21/h2-3,6-7,15H,4-5,8-13H2,1H3. The number of fused-ring (bicyclic) bond motifs is 1. The average Bonchev–Trinajstić information content (AvgIpc) is 3.30. The molecule has 2 saturated heterocycles. The molecule has 2 aliphatic heterocycles. The lowest BCUT2D eigenvalue weighted by Gasteiger charge is -2.32. The normalized spacial score (nSPS) is 18.9. The molecule has 2 amide bonds. The van der Waals surface area contributed by atoms with E-state index in [9.17, 15) is 9.59 Å². The summed E-state index contributed by atoms with van der Waals surface area (Å²) in [6, 6.07) is 7.73. The van der Waals surface area contributed by atoms with Gasteiger partial charge < -0.3 is 14.2 Å². The largest absolute Gasteiger partial charge is 0.451 e. The second-order valence-electron chi connectivity index (χ2n) is 7.15. The smallest absolute Gasteiger partial charge is 0.289 e. The summed E-state index contributed by atoms with van der Waals surface area (Å²) in [6.07, 6.45) is 3.74. The Hall–Kier alpha value is -2.30. The lowest BCUT2D eigenvalue weighted by Crippen LogP contribution is -2.43. The van der Waals surface area contributed by atoms with Gasteiger partial charge in [-0.2, -0.15) is 0 Å². The molecule has 0 radical (unpaired) electrons. The molecule has 2 aliphatic rings. The van der Waals surface area contributed by atoms with E-state index in [1.54, 1.807) is 0 Å². The molecule has 5 nitrogen and oxygen atoms in total. The van der Waals surface area contributed by atoms with E-state index in [2.05, 4.69) is 0 Å². The van der Waals surface area contributed by atoms with Crippen LogP contribution in [0.2, 0.25) is 0 Å². The van der Waals surface area contributed by atoms with Gasteiger partial charge in [-0.15, -0.1) is 0 Å². The van der Waals surface area contributed by atoms with Gasteiger partial charge in [-0.1, -0.05) is 18.2 Å². The van der Waals surface area contributed by atoms with Crippen LogP contribution in [0.1, 0.15) is 41.8 Å². The molecule has 1 aromatic heterocycles. The maximum atomic E-state index is 12.9. The molecule has 1 aromatic carbocycles. The number of rotatable bonds is 2. The molecule has 0 unspecified atom stereocenters. The highest BCUT2D eigenvalue weighted by Gasteiger charge is 2.32. The van der Waals surface area contributed by atoms with Crippen molar-refractivity contribution >= 4 is 22.8 Å². The second kappa shape index (κ2) is 6.54. The van der Waals surface area contributed by atoms with Gasteiger partial charge >= 0.3 is 0 Å². The number of likely N-dealkylation sites (tertiary alicyclic amines) is 2. The van der Waals surface area contributed by atoms with Crippen molar-refractivity contribution in [2.24, 2.45) is 5.92 Å². The molecular weight excluding hydrogens is 316 g/mol. The van der Waals surface area contributed by atoms with E-state index < -0.39 is 0 Å². The SMILES string of the molecule is Cc1c(C(=O)N2CCC(C(=O)N3CCCC3)CC2)oc2ccccc12. The summed E-state index contributed by atoms with van der Waals surface area (Å²) in [4.78, 5) is 29.2. The van der Waals surface area contributed by atoms with Gasteiger partial charge in [-0.05, 0) is 38.7 Å². The Morgan fingerprint density at radius 2 is 1.68 bits per heavy atom. The Morgan fingerprint density at radius 1 is 1.00 bits per heavy atom. The minimum Gasteiger partial charge on any atom is -0.451 e. The fraction of sp³-hybridized carbons (Fsp3) is 0.500. The number of aryl methyl sites for hydroxylation is 1. The van der Waals surface area contributed by atoms with Crippen molar-refractivity contribution in [1.82, 2.24) is 9.80 Å². The van der Waals surface area contributed by atoms with Gasteiger partial charge in [0.15, 0.2) is 5.76 Å². The fourth-order valence-corrected chi connectivity index (χ4v) is 4.05. The van der Waals surface area contributed by atoms with Crippen LogP contribution in [0, 0.1) is 12.8 Å². The molecule has 0 saturated carbocycles. The Labute approximate surface area is 147 Å². The number of nitrogens with zero attached hydrogens (tertiary/aromatic N) is 2. The van der Waals surface area contributed by atoms with Crippen LogP contribution in [0.15, 0.2) is 28.7 Å². The second-order valence-corrected chi connectivity index (χ2v) is 7.15. The monoisotopic (exact) mass is 340 g/mol. The summed E-state index contributed by atoms with van der Waals surface area (Å²) < 4.78 is 5.80. The van der Waals surface area contributed by atoms with Crippen LogP contribution in [0.4, 0.5) is 0 Å². The number of para-hydroxylation sites is 1. The first kappa shape index (κ1) is 16.2. The van der Waals surface area contributed by atoms with Gasteiger partial charge in [0.25, 0.3) is 5.91 Å². The highest BCUT2D eigenvalue weighted by Crippen LogP contribution is 2.28. The van der Waals surface area contributed by atoms with E-state index in [-0.39, 0.29) is 17.7 Å². The summed E-state index contributed by atoms with van der Waals surface area (Å²) in [5.41, 5.74) is 1.65. The molecule has 4 rings (SSSR count). The van der Waals surface area contributed by atoms with Crippen molar-refractivity contribution in [3.63, 3.8) is 0 Å². The first-order valence-electron chi connectivity index (χ1n) is 9.21. The van der Waals surface area contributed by atoms with Crippen LogP contribution in [0.3, 0.4) is 0 Å².